The zero-order chi connectivity index (χ0) is 10.1. The van der Waals surface area contributed by atoms with Crippen LogP contribution in [0.15, 0.2) is 17.0 Å². The molecular formula is C11H13NOS. The van der Waals surface area contributed by atoms with Crippen molar-refractivity contribution in [3.8, 4) is 0 Å². The molecule has 0 atom stereocenters. The third kappa shape index (κ3) is 1.64. The summed E-state index contributed by atoms with van der Waals surface area (Å²) in [4.78, 5) is 12.2. The van der Waals surface area contributed by atoms with Crippen LogP contribution in [0.25, 0.3) is 0 Å². The van der Waals surface area contributed by atoms with E-state index in [1.807, 2.05) is 17.8 Å². The van der Waals surface area contributed by atoms with Crippen LogP contribution in [0, 0.1) is 6.92 Å². The second-order valence-corrected chi connectivity index (χ2v) is 4.62. The van der Waals surface area contributed by atoms with Gasteiger partial charge in [-0.05, 0) is 30.5 Å². The summed E-state index contributed by atoms with van der Waals surface area (Å²) in [7, 11) is 0. The van der Waals surface area contributed by atoms with Crippen LogP contribution >= 0.6 is 11.8 Å². The topological polar surface area (TPSA) is 29.1 Å². The van der Waals surface area contributed by atoms with Gasteiger partial charge in [0, 0.05) is 17.6 Å². The number of carbonyl (C=O) groups excluding carboxylic acids is 1. The Balaban J connectivity index is 2.43. The number of rotatable bonds is 1. The Kier molecular flexibility index (Phi) is 2.50. The number of amides is 1. The van der Waals surface area contributed by atoms with Crippen LogP contribution in [0.3, 0.4) is 0 Å². The minimum absolute atomic E-state index is 0.00329. The van der Waals surface area contributed by atoms with E-state index in [4.69, 9.17) is 0 Å². The minimum atomic E-state index is 0.00329. The van der Waals surface area contributed by atoms with Crippen molar-refractivity contribution in [1.29, 1.82) is 0 Å². The van der Waals surface area contributed by atoms with E-state index in [-0.39, 0.29) is 5.91 Å². The van der Waals surface area contributed by atoms with Crippen molar-refractivity contribution in [2.75, 3.05) is 11.1 Å². The predicted octanol–water partition coefficient (Wildman–Crippen LogP) is 2.60. The van der Waals surface area contributed by atoms with Gasteiger partial charge in [0.2, 0.25) is 5.91 Å². The highest BCUT2D eigenvalue weighted by Crippen LogP contribution is 2.39. The van der Waals surface area contributed by atoms with Gasteiger partial charge in [-0.15, -0.1) is 11.8 Å². The minimum Gasteiger partial charge on any atom is -0.325 e. The smallest absolute Gasteiger partial charge is 0.221 e. The highest BCUT2D eigenvalue weighted by molar-refractivity contribution is 7.99. The maximum atomic E-state index is 11.0. The van der Waals surface area contributed by atoms with Crippen molar-refractivity contribution in [2.24, 2.45) is 0 Å². The molecule has 2 rings (SSSR count). The molecule has 0 fully saturated rings. The number of carbonyl (C=O) groups is 1. The fourth-order valence-electron chi connectivity index (χ4n) is 1.75. The van der Waals surface area contributed by atoms with Crippen LogP contribution in [0.1, 0.15) is 18.1 Å². The van der Waals surface area contributed by atoms with E-state index in [2.05, 4.69) is 18.3 Å². The van der Waals surface area contributed by atoms with E-state index in [0.29, 0.717) is 0 Å². The Hall–Kier alpha value is -0.960. The molecule has 0 saturated heterocycles. The third-order valence-corrected chi connectivity index (χ3v) is 3.57. The molecule has 0 spiro atoms. The van der Waals surface area contributed by atoms with Gasteiger partial charge < -0.3 is 5.32 Å². The summed E-state index contributed by atoms with van der Waals surface area (Å²) in [5.41, 5.74) is 3.71. The molecule has 1 aromatic carbocycles. The van der Waals surface area contributed by atoms with Crippen molar-refractivity contribution in [1.82, 2.24) is 0 Å². The zero-order valence-corrected chi connectivity index (χ0v) is 9.20. The number of fused-ring (bicyclic) bond motifs is 1. The Bertz CT molecular complexity index is 387. The van der Waals surface area contributed by atoms with Gasteiger partial charge in [0.05, 0.1) is 5.69 Å². The molecule has 14 heavy (non-hydrogen) atoms. The Morgan fingerprint density at radius 3 is 3.00 bits per heavy atom. The lowest BCUT2D eigenvalue weighted by molar-refractivity contribution is -0.114. The normalized spacial score (nSPS) is 13.9. The Morgan fingerprint density at radius 2 is 2.29 bits per heavy atom. The molecule has 0 aromatic heterocycles. The fraction of sp³-hybridized carbons (Fsp3) is 0.364. The van der Waals surface area contributed by atoms with E-state index >= 15 is 0 Å². The second kappa shape index (κ2) is 3.65. The first-order valence-corrected chi connectivity index (χ1v) is 5.70. The van der Waals surface area contributed by atoms with E-state index in [1.165, 1.54) is 16.0 Å². The summed E-state index contributed by atoms with van der Waals surface area (Å²) in [6.07, 6.45) is 1.12. The summed E-state index contributed by atoms with van der Waals surface area (Å²) < 4.78 is 0. The maximum absolute atomic E-state index is 11.0. The lowest BCUT2D eigenvalue weighted by Crippen LogP contribution is -2.07. The van der Waals surface area contributed by atoms with Crippen LogP contribution < -0.4 is 5.32 Å². The van der Waals surface area contributed by atoms with Gasteiger partial charge in [0.15, 0.2) is 0 Å². The molecule has 0 saturated carbocycles. The predicted molar refractivity (Wildman–Crippen MR) is 59.9 cm³/mol. The van der Waals surface area contributed by atoms with Gasteiger partial charge in [0.25, 0.3) is 0 Å². The van der Waals surface area contributed by atoms with Gasteiger partial charge in [-0.1, -0.05) is 6.07 Å². The summed E-state index contributed by atoms with van der Waals surface area (Å²) in [6.45, 7) is 3.67. The van der Waals surface area contributed by atoms with Crippen molar-refractivity contribution in [2.45, 2.75) is 25.2 Å². The van der Waals surface area contributed by atoms with Crippen molar-refractivity contribution >= 4 is 23.4 Å². The van der Waals surface area contributed by atoms with Crippen LogP contribution in [-0.2, 0) is 11.2 Å². The number of thioether (sulfide) groups is 1. The molecule has 3 heteroatoms. The molecule has 1 amide bonds. The fourth-order valence-corrected chi connectivity index (χ4v) is 2.97. The number of hydrogen-bond donors (Lipinski definition) is 1. The van der Waals surface area contributed by atoms with E-state index in [9.17, 15) is 4.79 Å². The molecule has 2 nitrogen and oxygen atoms in total. The maximum Gasteiger partial charge on any atom is 0.221 e. The van der Waals surface area contributed by atoms with Crippen molar-refractivity contribution in [3.63, 3.8) is 0 Å². The molecule has 0 unspecified atom stereocenters. The lowest BCUT2D eigenvalue weighted by Gasteiger charge is -2.09. The number of aryl methyl sites for hydroxylation is 1. The van der Waals surface area contributed by atoms with Crippen LogP contribution in [-0.4, -0.2) is 11.7 Å². The first-order chi connectivity index (χ1) is 6.68. The Morgan fingerprint density at radius 1 is 1.50 bits per heavy atom. The molecule has 74 valence electrons. The number of anilines is 1. The average molecular weight is 207 g/mol. The van der Waals surface area contributed by atoms with Crippen LogP contribution in [0.4, 0.5) is 5.69 Å². The highest BCUT2D eigenvalue weighted by atomic mass is 32.2. The van der Waals surface area contributed by atoms with Crippen LogP contribution in [0.2, 0.25) is 0 Å². The lowest BCUT2D eigenvalue weighted by atomic mass is 10.1. The zero-order valence-electron chi connectivity index (χ0n) is 8.39. The van der Waals surface area contributed by atoms with E-state index in [1.54, 1.807) is 6.92 Å². The average Bonchev–Trinajstić information content (AvgIpc) is 2.58. The Labute approximate surface area is 88.1 Å². The molecule has 0 bridgehead atoms. The second-order valence-electron chi connectivity index (χ2n) is 3.52. The SMILES string of the molecule is CC(=O)Nc1ccc(C)c2c1SCC2. The van der Waals surface area contributed by atoms with Crippen molar-refractivity contribution in [3.05, 3.63) is 23.3 Å². The molecule has 1 aliphatic rings. The van der Waals surface area contributed by atoms with Gasteiger partial charge in [-0.3, -0.25) is 4.79 Å². The van der Waals surface area contributed by atoms with Crippen LogP contribution in [0.5, 0.6) is 0 Å². The molecular weight excluding hydrogens is 194 g/mol. The van der Waals surface area contributed by atoms with E-state index < -0.39 is 0 Å². The molecule has 1 aliphatic heterocycles. The quantitative estimate of drug-likeness (QED) is 0.767. The molecule has 1 aromatic rings. The third-order valence-electron chi connectivity index (χ3n) is 2.40. The number of nitrogens with one attached hydrogen (secondary N) is 1. The summed E-state index contributed by atoms with van der Waals surface area (Å²) in [5.74, 6) is 1.14. The number of hydrogen-bond acceptors (Lipinski definition) is 2. The summed E-state index contributed by atoms with van der Waals surface area (Å²) in [6, 6.07) is 4.07. The first kappa shape index (κ1) is 9.59. The van der Waals surface area contributed by atoms with E-state index in [0.717, 1.165) is 17.9 Å². The highest BCUT2D eigenvalue weighted by Gasteiger charge is 2.17. The van der Waals surface area contributed by atoms with Gasteiger partial charge in [-0.25, -0.2) is 0 Å². The standard InChI is InChI=1S/C11H13NOS/c1-7-3-4-10(12-8(2)13)11-9(7)5-6-14-11/h3-4H,5-6H2,1-2H3,(H,12,13). The monoisotopic (exact) mass is 207 g/mol. The van der Waals surface area contributed by atoms with Gasteiger partial charge in [0.1, 0.15) is 0 Å². The summed E-state index contributed by atoms with van der Waals surface area (Å²) in [5, 5.41) is 2.87. The van der Waals surface area contributed by atoms with Crippen molar-refractivity contribution < 1.29 is 4.79 Å². The first-order valence-electron chi connectivity index (χ1n) is 4.71. The van der Waals surface area contributed by atoms with Gasteiger partial charge in [-0.2, -0.15) is 0 Å². The summed E-state index contributed by atoms with van der Waals surface area (Å²) >= 11 is 1.84. The molecule has 0 aliphatic carbocycles. The van der Waals surface area contributed by atoms with Gasteiger partial charge >= 0.3 is 0 Å². The molecule has 1 N–H and O–H groups in total. The number of benzene rings is 1. The molecule has 1 heterocycles. The largest absolute Gasteiger partial charge is 0.325 e. The molecule has 0 radical (unpaired) electrons.